The van der Waals surface area contributed by atoms with E-state index in [1.807, 2.05) is 6.07 Å². The van der Waals surface area contributed by atoms with Crippen molar-refractivity contribution in [2.75, 3.05) is 0 Å². The quantitative estimate of drug-likeness (QED) is 0.487. The summed E-state index contributed by atoms with van der Waals surface area (Å²) in [6, 6.07) is 25.4. The van der Waals surface area contributed by atoms with Crippen molar-refractivity contribution in [2.45, 2.75) is 27.2 Å². The summed E-state index contributed by atoms with van der Waals surface area (Å²) in [6.45, 7) is 6.80. The summed E-state index contributed by atoms with van der Waals surface area (Å²) in [4.78, 5) is 5.04. The van der Waals surface area contributed by atoms with E-state index in [1.54, 1.807) is 0 Å². The molecule has 1 heteroatoms. The molecule has 1 heterocycles. The molecule has 0 saturated carbocycles. The van der Waals surface area contributed by atoms with Crippen LogP contribution in [0, 0.1) is 5.41 Å². The zero-order valence-electron chi connectivity index (χ0n) is 16.2. The van der Waals surface area contributed by atoms with Crippen LogP contribution in [0.5, 0.6) is 0 Å². The highest BCUT2D eigenvalue weighted by Crippen LogP contribution is 2.37. The van der Waals surface area contributed by atoms with Crippen molar-refractivity contribution in [3.05, 3.63) is 96.2 Å². The van der Waals surface area contributed by atoms with Gasteiger partial charge >= 0.3 is 0 Å². The highest BCUT2D eigenvalue weighted by Gasteiger charge is 2.22. The smallest absolute Gasteiger partial charge is 0.0715 e. The van der Waals surface area contributed by atoms with Gasteiger partial charge in [0.1, 0.15) is 0 Å². The number of rotatable bonds is 3. The van der Waals surface area contributed by atoms with Gasteiger partial charge in [0.2, 0.25) is 0 Å². The lowest BCUT2D eigenvalue weighted by atomic mass is 9.79. The first-order chi connectivity index (χ1) is 13.0. The Kier molecular flexibility index (Phi) is 4.53. The molecular weight excluding hydrogens is 326 g/mol. The Balaban J connectivity index is 1.90. The number of hydrogen-bond acceptors (Lipinski definition) is 1. The fourth-order valence-corrected chi connectivity index (χ4v) is 3.93. The summed E-state index contributed by atoms with van der Waals surface area (Å²) < 4.78 is 0. The molecule has 27 heavy (non-hydrogen) atoms. The van der Waals surface area contributed by atoms with Gasteiger partial charge < -0.3 is 0 Å². The van der Waals surface area contributed by atoms with Crippen molar-refractivity contribution >= 4 is 5.57 Å². The van der Waals surface area contributed by atoms with Crippen molar-refractivity contribution < 1.29 is 0 Å². The molecule has 0 radical (unpaired) electrons. The van der Waals surface area contributed by atoms with Crippen LogP contribution in [0.15, 0.2) is 90.5 Å². The summed E-state index contributed by atoms with van der Waals surface area (Å²) >= 11 is 0. The molecule has 4 rings (SSSR count). The minimum absolute atomic E-state index is 0.158. The van der Waals surface area contributed by atoms with Crippen LogP contribution in [0.4, 0.5) is 0 Å². The van der Waals surface area contributed by atoms with Crippen molar-refractivity contribution in [1.82, 2.24) is 4.98 Å². The van der Waals surface area contributed by atoms with E-state index >= 15 is 0 Å². The average Bonchev–Trinajstić information content (AvgIpc) is 2.67. The van der Waals surface area contributed by atoms with Crippen LogP contribution in [-0.2, 0) is 0 Å². The minimum Gasteiger partial charge on any atom is -0.248 e. The second-order valence-corrected chi connectivity index (χ2v) is 8.11. The lowest BCUT2D eigenvalue weighted by Gasteiger charge is -2.26. The third-order valence-corrected chi connectivity index (χ3v) is 4.98. The number of aromatic nitrogens is 1. The Bertz CT molecular complexity index is 951. The van der Waals surface area contributed by atoms with Crippen LogP contribution in [0.3, 0.4) is 0 Å². The molecule has 0 unspecified atom stereocenters. The zero-order valence-corrected chi connectivity index (χ0v) is 16.2. The Hall–Kier alpha value is -2.93. The van der Waals surface area contributed by atoms with Gasteiger partial charge in [0.05, 0.1) is 11.4 Å². The molecule has 0 aliphatic heterocycles. The van der Waals surface area contributed by atoms with E-state index in [2.05, 4.69) is 99.7 Å². The number of hydrogen-bond donors (Lipinski definition) is 0. The molecule has 134 valence electrons. The first-order valence-electron chi connectivity index (χ1n) is 9.54. The monoisotopic (exact) mass is 351 g/mol. The molecule has 0 bridgehead atoms. The maximum Gasteiger partial charge on any atom is 0.0715 e. The lowest BCUT2D eigenvalue weighted by Crippen LogP contribution is -2.12. The number of pyridine rings is 1. The predicted molar refractivity (Wildman–Crippen MR) is 115 cm³/mol. The molecule has 1 nitrogen and oxygen atoms in total. The van der Waals surface area contributed by atoms with Crippen LogP contribution in [0.2, 0.25) is 0 Å². The highest BCUT2D eigenvalue weighted by molar-refractivity contribution is 5.80. The van der Waals surface area contributed by atoms with Crippen molar-refractivity contribution in [1.29, 1.82) is 0 Å². The van der Waals surface area contributed by atoms with Crippen LogP contribution in [-0.4, -0.2) is 4.98 Å². The molecule has 2 aromatic carbocycles. The molecule has 0 saturated heterocycles. The molecule has 1 aliphatic rings. The van der Waals surface area contributed by atoms with E-state index in [1.165, 1.54) is 22.3 Å². The predicted octanol–water partition coefficient (Wildman–Crippen LogP) is 7.18. The van der Waals surface area contributed by atoms with Gasteiger partial charge in [-0.3, -0.25) is 0 Å². The Labute approximate surface area is 162 Å². The van der Waals surface area contributed by atoms with Crippen molar-refractivity contribution in [3.8, 4) is 22.4 Å². The van der Waals surface area contributed by atoms with E-state index in [-0.39, 0.29) is 5.41 Å². The fourth-order valence-electron chi connectivity index (χ4n) is 3.93. The molecule has 0 N–H and O–H groups in total. The third-order valence-electron chi connectivity index (χ3n) is 4.98. The van der Waals surface area contributed by atoms with Crippen LogP contribution in [0.1, 0.15) is 32.9 Å². The molecule has 1 aromatic heterocycles. The average molecular weight is 351 g/mol. The largest absolute Gasteiger partial charge is 0.248 e. The third kappa shape index (κ3) is 3.93. The van der Waals surface area contributed by atoms with Gasteiger partial charge in [-0.05, 0) is 47.6 Å². The van der Waals surface area contributed by atoms with Gasteiger partial charge in [-0.2, -0.15) is 0 Å². The molecule has 0 amide bonds. The summed E-state index contributed by atoms with van der Waals surface area (Å²) in [5, 5.41) is 0. The Morgan fingerprint density at radius 2 is 1.33 bits per heavy atom. The van der Waals surface area contributed by atoms with Gasteiger partial charge in [0, 0.05) is 5.56 Å². The molecule has 0 fully saturated rings. The van der Waals surface area contributed by atoms with Crippen LogP contribution >= 0.6 is 0 Å². The Morgan fingerprint density at radius 1 is 0.741 bits per heavy atom. The molecule has 3 aromatic rings. The minimum atomic E-state index is 0.158. The second kappa shape index (κ2) is 7.00. The standard InChI is InChI=1S/C26H25N/c1-19-14-23(18-26(2,3)17-19)25-16-22(20-10-6-4-7-11-20)15-24(27-25)21-12-8-5-9-13-21/h4-16,18H,17H2,1-3H3. The number of benzene rings is 2. The molecular formula is C26H25N. The van der Waals surface area contributed by atoms with Crippen molar-refractivity contribution in [2.24, 2.45) is 5.41 Å². The van der Waals surface area contributed by atoms with Crippen LogP contribution in [0.25, 0.3) is 28.0 Å². The zero-order chi connectivity index (χ0) is 18.9. The first-order valence-corrected chi connectivity index (χ1v) is 9.54. The van der Waals surface area contributed by atoms with Crippen molar-refractivity contribution in [3.63, 3.8) is 0 Å². The van der Waals surface area contributed by atoms with E-state index < -0.39 is 0 Å². The van der Waals surface area contributed by atoms with Gasteiger partial charge in [-0.25, -0.2) is 4.98 Å². The van der Waals surface area contributed by atoms with Crippen LogP contribution < -0.4 is 0 Å². The van der Waals surface area contributed by atoms with E-state index in [9.17, 15) is 0 Å². The SMILES string of the molecule is CC1=CC(c2cc(-c3ccccc3)cc(-c3ccccc3)n2)=CC(C)(C)C1. The van der Waals surface area contributed by atoms with E-state index in [0.717, 1.165) is 23.4 Å². The fraction of sp³-hybridized carbons (Fsp3) is 0.192. The maximum atomic E-state index is 5.04. The summed E-state index contributed by atoms with van der Waals surface area (Å²) in [5.41, 5.74) is 8.41. The number of nitrogens with zero attached hydrogens (tertiary/aromatic N) is 1. The Morgan fingerprint density at radius 3 is 1.96 bits per heavy atom. The van der Waals surface area contributed by atoms with E-state index in [0.29, 0.717) is 0 Å². The molecule has 0 spiro atoms. The maximum absolute atomic E-state index is 5.04. The van der Waals surface area contributed by atoms with E-state index in [4.69, 9.17) is 4.98 Å². The topological polar surface area (TPSA) is 12.9 Å². The summed E-state index contributed by atoms with van der Waals surface area (Å²) in [6.07, 6.45) is 5.75. The summed E-state index contributed by atoms with van der Waals surface area (Å²) in [5.74, 6) is 0. The van der Waals surface area contributed by atoms with Gasteiger partial charge in [0.15, 0.2) is 0 Å². The molecule has 1 aliphatic carbocycles. The first kappa shape index (κ1) is 17.5. The summed E-state index contributed by atoms with van der Waals surface area (Å²) in [7, 11) is 0. The molecule has 0 atom stereocenters. The second-order valence-electron chi connectivity index (χ2n) is 8.11. The lowest BCUT2D eigenvalue weighted by molar-refractivity contribution is 0.472. The van der Waals surface area contributed by atoms with Gasteiger partial charge in [-0.1, -0.05) is 92.2 Å². The number of allylic oxidation sites excluding steroid dienone is 4. The normalized spacial score (nSPS) is 15.8. The highest BCUT2D eigenvalue weighted by atomic mass is 14.7. The van der Waals surface area contributed by atoms with Gasteiger partial charge in [-0.15, -0.1) is 0 Å². The van der Waals surface area contributed by atoms with Gasteiger partial charge in [0.25, 0.3) is 0 Å².